The Morgan fingerprint density at radius 3 is 1.97 bits per heavy atom. The van der Waals surface area contributed by atoms with Gasteiger partial charge in [0.15, 0.2) is 0 Å². The van der Waals surface area contributed by atoms with Gasteiger partial charge >= 0.3 is 0 Å². The highest BCUT2D eigenvalue weighted by Crippen LogP contribution is 2.30. The normalized spacial score (nSPS) is 15.5. The molecule has 1 heterocycles. The summed E-state index contributed by atoms with van der Waals surface area (Å²) in [6, 6.07) is 20.8. The van der Waals surface area contributed by atoms with Gasteiger partial charge in [-0.25, -0.2) is 13.0 Å². The summed E-state index contributed by atoms with van der Waals surface area (Å²) < 4.78 is 40.7. The van der Waals surface area contributed by atoms with E-state index in [0.717, 1.165) is 64.3 Å². The molecular weight excluding hydrogens is 504 g/mol. The van der Waals surface area contributed by atoms with E-state index in [1.807, 2.05) is 48.5 Å². The molecule has 1 atom stereocenters. The molecule has 1 aliphatic heterocycles. The van der Waals surface area contributed by atoms with Gasteiger partial charge in [-0.2, -0.15) is 0 Å². The quantitative estimate of drug-likeness (QED) is 0.312. The molecule has 4 rings (SSSR count). The zero-order valence-electron chi connectivity index (χ0n) is 18.2. The van der Waals surface area contributed by atoms with Gasteiger partial charge in [0.1, 0.15) is 11.6 Å². The minimum atomic E-state index is -1.11. The lowest BCUT2D eigenvalue weighted by molar-refractivity contribution is 0.288. The van der Waals surface area contributed by atoms with E-state index in [1.165, 1.54) is 24.3 Å². The van der Waals surface area contributed by atoms with E-state index in [-0.39, 0.29) is 17.6 Å². The Morgan fingerprint density at radius 2 is 1.45 bits per heavy atom. The summed E-state index contributed by atoms with van der Waals surface area (Å²) in [7, 11) is -1.11. The van der Waals surface area contributed by atoms with Gasteiger partial charge in [-0.3, -0.25) is 4.90 Å². The molecule has 33 heavy (non-hydrogen) atoms. The van der Waals surface area contributed by atoms with E-state index in [1.54, 1.807) is 0 Å². The number of halogens is 3. The average Bonchev–Trinajstić information content (AvgIpc) is 2.84. The zero-order valence-corrected chi connectivity index (χ0v) is 20.6. The van der Waals surface area contributed by atoms with Gasteiger partial charge in [0.05, 0.1) is 10.8 Å². The van der Waals surface area contributed by atoms with Gasteiger partial charge in [-0.15, -0.1) is 0 Å². The number of hydrogen-bond donors (Lipinski definition) is 0. The molecule has 0 radical (unpaired) electrons. The molecule has 0 saturated heterocycles. The van der Waals surface area contributed by atoms with Crippen LogP contribution in [0.2, 0.25) is 0 Å². The molecule has 0 saturated carbocycles. The Bertz CT molecular complexity index is 1070. The van der Waals surface area contributed by atoms with Crippen molar-refractivity contribution in [2.75, 3.05) is 19.6 Å². The fourth-order valence-electron chi connectivity index (χ4n) is 4.21. The topological polar surface area (TPSA) is 20.3 Å². The maximum absolute atomic E-state index is 13.4. The summed E-state index contributed by atoms with van der Waals surface area (Å²) in [5, 5.41) is 0. The first kappa shape index (κ1) is 24.0. The first-order chi connectivity index (χ1) is 16.0. The molecule has 1 aliphatic rings. The highest BCUT2D eigenvalue weighted by molar-refractivity contribution is 9.10. The van der Waals surface area contributed by atoms with Crippen molar-refractivity contribution in [3.05, 3.63) is 111 Å². The smallest absolute Gasteiger partial charge is 0.123 e. The van der Waals surface area contributed by atoms with Crippen molar-refractivity contribution in [2.24, 2.45) is 0 Å². The Morgan fingerprint density at radius 1 is 0.879 bits per heavy atom. The van der Waals surface area contributed by atoms with Crippen molar-refractivity contribution >= 4 is 26.7 Å². The third kappa shape index (κ3) is 6.46. The van der Waals surface area contributed by atoms with Crippen molar-refractivity contribution < 1.29 is 13.0 Å². The maximum Gasteiger partial charge on any atom is 0.123 e. The van der Waals surface area contributed by atoms with Crippen LogP contribution < -0.4 is 0 Å². The molecular formula is C27H26BrF2NOS. The standard InChI is InChI=1S/C27H26BrF2NOS/c28-22-7-13-25(14-8-22)33(32)26-15-18-31(19-16-26)17-1-2-27(20-3-9-23(29)10-4-20)21-5-11-24(30)12-6-21/h3-15,27H,1-2,16-19H2. The Labute approximate surface area is 204 Å². The second kappa shape index (κ2) is 11.3. The number of nitrogens with zero attached hydrogens (tertiary/aromatic N) is 1. The van der Waals surface area contributed by atoms with Gasteiger partial charge < -0.3 is 0 Å². The second-order valence-corrected chi connectivity index (χ2v) is 10.7. The van der Waals surface area contributed by atoms with Crippen LogP contribution in [-0.2, 0) is 10.8 Å². The van der Waals surface area contributed by atoms with Crippen molar-refractivity contribution in [1.29, 1.82) is 0 Å². The van der Waals surface area contributed by atoms with Crippen molar-refractivity contribution in [3.8, 4) is 0 Å². The molecule has 1 unspecified atom stereocenters. The second-order valence-electron chi connectivity index (χ2n) is 8.24. The monoisotopic (exact) mass is 529 g/mol. The van der Waals surface area contributed by atoms with Crippen molar-refractivity contribution in [2.45, 2.75) is 30.1 Å². The molecule has 2 nitrogen and oxygen atoms in total. The first-order valence-electron chi connectivity index (χ1n) is 11.1. The van der Waals surface area contributed by atoms with E-state index in [9.17, 15) is 13.0 Å². The molecule has 0 aromatic heterocycles. The maximum atomic E-state index is 13.4. The minimum absolute atomic E-state index is 0.0898. The summed E-state index contributed by atoms with van der Waals surface area (Å²) in [5.74, 6) is -0.423. The molecule has 0 amide bonds. The molecule has 3 aromatic rings. The number of rotatable bonds is 8. The van der Waals surface area contributed by atoms with Gasteiger partial charge in [-0.1, -0.05) is 46.3 Å². The highest BCUT2D eigenvalue weighted by atomic mass is 79.9. The lowest BCUT2D eigenvalue weighted by Gasteiger charge is -2.27. The fraction of sp³-hybridized carbons (Fsp3) is 0.259. The average molecular weight is 530 g/mol. The van der Waals surface area contributed by atoms with Crippen LogP contribution in [0.1, 0.15) is 36.3 Å². The van der Waals surface area contributed by atoms with E-state index >= 15 is 0 Å². The van der Waals surface area contributed by atoms with Crippen LogP contribution in [0.4, 0.5) is 8.78 Å². The Balaban J connectivity index is 1.35. The lowest BCUT2D eigenvalue weighted by Crippen LogP contribution is -2.30. The van der Waals surface area contributed by atoms with Crippen LogP contribution in [0.15, 0.2) is 93.1 Å². The Hall–Kier alpha value is -2.15. The van der Waals surface area contributed by atoms with Crippen molar-refractivity contribution in [3.63, 3.8) is 0 Å². The molecule has 0 aliphatic carbocycles. The first-order valence-corrected chi connectivity index (χ1v) is 13.0. The largest absolute Gasteiger partial charge is 0.299 e. The van der Waals surface area contributed by atoms with Crippen LogP contribution in [0, 0.1) is 11.6 Å². The zero-order chi connectivity index (χ0) is 23.2. The molecule has 0 spiro atoms. The summed E-state index contributed by atoms with van der Waals surface area (Å²) in [4.78, 5) is 4.19. The molecule has 0 bridgehead atoms. The van der Waals surface area contributed by atoms with Crippen LogP contribution >= 0.6 is 15.9 Å². The highest BCUT2D eigenvalue weighted by Gasteiger charge is 2.19. The van der Waals surface area contributed by atoms with Crippen LogP contribution in [0.5, 0.6) is 0 Å². The molecule has 0 N–H and O–H groups in total. The summed E-state index contributed by atoms with van der Waals surface area (Å²) >= 11 is 3.41. The molecule has 3 aromatic carbocycles. The predicted octanol–water partition coefficient (Wildman–Crippen LogP) is 7.04. The summed E-state index contributed by atoms with van der Waals surface area (Å²) in [6.45, 7) is 2.59. The van der Waals surface area contributed by atoms with Crippen LogP contribution in [-0.4, -0.2) is 28.7 Å². The summed E-state index contributed by atoms with van der Waals surface area (Å²) in [5.41, 5.74) is 2.07. The molecule has 0 fully saturated rings. The third-order valence-corrected chi connectivity index (χ3v) is 8.11. The Kier molecular flexibility index (Phi) is 8.23. The summed E-state index contributed by atoms with van der Waals surface area (Å²) in [6.07, 6.45) is 4.73. The van der Waals surface area contributed by atoms with Gasteiger partial charge in [-0.05, 0) is 85.5 Å². The van der Waals surface area contributed by atoms with E-state index in [2.05, 4.69) is 26.9 Å². The van der Waals surface area contributed by atoms with Crippen LogP contribution in [0.25, 0.3) is 0 Å². The van der Waals surface area contributed by atoms with Gasteiger partial charge in [0.25, 0.3) is 0 Å². The SMILES string of the molecule is O=S(C1=CCN(CCCC(c2ccc(F)cc2)c2ccc(F)cc2)CC1)c1ccc(Br)cc1. The van der Waals surface area contributed by atoms with E-state index in [0.29, 0.717) is 0 Å². The minimum Gasteiger partial charge on any atom is -0.299 e. The van der Waals surface area contributed by atoms with E-state index < -0.39 is 10.8 Å². The lowest BCUT2D eigenvalue weighted by atomic mass is 9.87. The van der Waals surface area contributed by atoms with Gasteiger partial charge in [0.2, 0.25) is 0 Å². The van der Waals surface area contributed by atoms with Crippen LogP contribution in [0.3, 0.4) is 0 Å². The predicted molar refractivity (Wildman–Crippen MR) is 134 cm³/mol. The van der Waals surface area contributed by atoms with E-state index in [4.69, 9.17) is 0 Å². The molecule has 6 heteroatoms. The number of hydrogen-bond acceptors (Lipinski definition) is 2. The fourth-order valence-corrected chi connectivity index (χ4v) is 5.66. The van der Waals surface area contributed by atoms with Crippen molar-refractivity contribution in [1.82, 2.24) is 4.90 Å². The molecule has 172 valence electrons. The number of benzene rings is 3. The third-order valence-electron chi connectivity index (χ3n) is 6.03. The van der Waals surface area contributed by atoms with Gasteiger partial charge in [0, 0.05) is 33.3 Å².